The van der Waals surface area contributed by atoms with Crippen molar-refractivity contribution in [3.63, 3.8) is 0 Å². The molecule has 0 radical (unpaired) electrons. The summed E-state index contributed by atoms with van der Waals surface area (Å²) in [5, 5.41) is 23.9. The zero-order chi connectivity index (χ0) is 9.68. The van der Waals surface area contributed by atoms with Crippen LogP contribution in [0.5, 0.6) is 0 Å². The summed E-state index contributed by atoms with van der Waals surface area (Å²) >= 11 is 0. The Labute approximate surface area is 74.2 Å². The third-order valence-corrected chi connectivity index (χ3v) is 1.34. The Hall–Kier alpha value is -2.11. The predicted molar refractivity (Wildman–Crippen MR) is 45.0 cm³/mol. The number of hydrogen-bond donors (Lipinski definition) is 2. The van der Waals surface area contributed by atoms with E-state index in [1.165, 1.54) is 0 Å². The number of rotatable bonds is 2. The maximum atomic E-state index is 10.4. The van der Waals surface area contributed by atoms with E-state index in [1.54, 1.807) is 24.3 Å². The lowest BCUT2D eigenvalue weighted by Gasteiger charge is -1.95. The average molecular weight is 180 g/mol. The van der Waals surface area contributed by atoms with Gasteiger partial charge in [-0.1, -0.05) is 30.3 Å². The van der Waals surface area contributed by atoms with Crippen molar-refractivity contribution in [3.05, 3.63) is 41.1 Å². The van der Waals surface area contributed by atoms with E-state index in [0.717, 1.165) is 0 Å². The van der Waals surface area contributed by atoms with Crippen molar-refractivity contribution in [3.8, 4) is 0 Å². The standard InChI is InChI=1S/C7H8N4O2/c8-7(9-11(13)10-12)6-4-2-1-3-5-6/h1-5,12H,(H2,8,9,10). The predicted octanol–water partition coefficient (Wildman–Crippen LogP) is 0.659. The topological polar surface area (TPSA) is 97.0 Å². The molecule has 0 aliphatic rings. The van der Waals surface area contributed by atoms with Gasteiger partial charge in [-0.05, 0) is 0 Å². The third-order valence-electron chi connectivity index (χ3n) is 1.34. The number of hydrogen-bond acceptors (Lipinski definition) is 2. The molecule has 13 heavy (non-hydrogen) atoms. The van der Waals surface area contributed by atoms with E-state index in [1.807, 2.05) is 6.07 Å². The van der Waals surface area contributed by atoms with Crippen LogP contribution in [0.15, 0.2) is 40.7 Å². The quantitative estimate of drug-likeness (QED) is 0.230. The van der Waals surface area contributed by atoms with Gasteiger partial charge in [0, 0.05) is 5.56 Å². The molecular formula is C7H8N4O2. The molecule has 0 saturated carbocycles. The molecule has 0 unspecified atom stereocenters. The molecule has 0 aliphatic heterocycles. The van der Waals surface area contributed by atoms with Crippen molar-refractivity contribution in [1.29, 1.82) is 0 Å². The van der Waals surface area contributed by atoms with E-state index in [9.17, 15) is 5.21 Å². The fraction of sp³-hybridized carbons (Fsp3) is 0. The Balaban J connectivity index is 2.92. The smallest absolute Gasteiger partial charge is 0.233 e. The van der Waals surface area contributed by atoms with Gasteiger partial charge in [-0.2, -0.15) is 0 Å². The molecule has 0 aromatic heterocycles. The number of hydrazone groups is 1. The molecular weight excluding hydrogens is 172 g/mol. The Morgan fingerprint density at radius 2 is 2.00 bits per heavy atom. The Morgan fingerprint density at radius 3 is 2.54 bits per heavy atom. The number of amidine groups is 1. The van der Waals surface area contributed by atoms with Crippen LogP contribution in [0.1, 0.15) is 5.56 Å². The van der Waals surface area contributed by atoms with E-state index in [2.05, 4.69) is 10.4 Å². The summed E-state index contributed by atoms with van der Waals surface area (Å²) in [5.41, 5.74) is 6.00. The largest absolute Gasteiger partial charge is 0.567 e. The Bertz CT molecular complexity index is 334. The first-order valence-electron chi connectivity index (χ1n) is 3.46. The first kappa shape index (κ1) is 8.98. The lowest BCUT2D eigenvalue weighted by molar-refractivity contribution is -0.560. The molecule has 0 heterocycles. The first-order chi connectivity index (χ1) is 6.24. The van der Waals surface area contributed by atoms with Crippen molar-refractivity contribution in [2.75, 3.05) is 0 Å². The van der Waals surface area contributed by atoms with E-state index in [-0.39, 0.29) is 10.8 Å². The fourth-order valence-electron chi connectivity index (χ4n) is 0.779. The zero-order valence-electron chi connectivity index (χ0n) is 6.66. The Morgan fingerprint density at radius 1 is 1.38 bits per heavy atom. The van der Waals surface area contributed by atoms with Gasteiger partial charge in [-0.3, -0.25) is 0 Å². The molecule has 1 aromatic carbocycles. The molecule has 0 aliphatic carbocycles. The molecule has 0 spiro atoms. The van der Waals surface area contributed by atoms with Gasteiger partial charge >= 0.3 is 0 Å². The van der Waals surface area contributed by atoms with E-state index < -0.39 is 0 Å². The highest BCUT2D eigenvalue weighted by Gasteiger charge is 2.00. The highest BCUT2D eigenvalue weighted by Crippen LogP contribution is 1.97. The second-order valence-corrected chi connectivity index (χ2v) is 2.19. The van der Waals surface area contributed by atoms with Gasteiger partial charge in [-0.15, -0.1) is 0 Å². The summed E-state index contributed by atoms with van der Waals surface area (Å²) in [5.74, 6) is -0.00611. The number of nitrogens with zero attached hydrogens (tertiary/aromatic N) is 3. The van der Waals surface area contributed by atoms with Crippen molar-refractivity contribution < 1.29 is 10.2 Å². The normalized spacial score (nSPS) is 12.9. The van der Waals surface area contributed by atoms with Crippen LogP contribution in [0, 0.1) is 5.21 Å². The maximum absolute atomic E-state index is 10.4. The van der Waals surface area contributed by atoms with E-state index in [0.29, 0.717) is 5.56 Å². The average Bonchev–Trinajstić information content (AvgIpc) is 2.19. The minimum atomic E-state index is -0.262. The molecule has 6 nitrogen and oxygen atoms in total. The molecule has 0 saturated heterocycles. The molecule has 1 rings (SSSR count). The summed E-state index contributed by atoms with van der Waals surface area (Å²) in [6, 6.07) is 8.68. The van der Waals surface area contributed by atoms with Crippen LogP contribution in [-0.2, 0) is 0 Å². The van der Waals surface area contributed by atoms with Gasteiger partial charge in [0.2, 0.25) is 11.1 Å². The highest BCUT2D eigenvalue weighted by molar-refractivity contribution is 5.96. The molecule has 6 heteroatoms. The van der Waals surface area contributed by atoms with Crippen LogP contribution < -0.4 is 5.73 Å². The fourth-order valence-corrected chi connectivity index (χ4v) is 0.779. The SMILES string of the molecule is NC(=N[N+]([O-])=NO)c1ccccc1. The van der Waals surface area contributed by atoms with Crippen LogP contribution in [0.3, 0.4) is 0 Å². The highest BCUT2D eigenvalue weighted by atomic mass is 16.6. The van der Waals surface area contributed by atoms with Crippen LogP contribution in [0.4, 0.5) is 0 Å². The van der Waals surface area contributed by atoms with Crippen molar-refractivity contribution in [1.82, 2.24) is 0 Å². The lowest BCUT2D eigenvalue weighted by Crippen LogP contribution is -2.15. The van der Waals surface area contributed by atoms with Gasteiger partial charge in [0.1, 0.15) is 4.97 Å². The molecule has 0 fully saturated rings. The minimum absolute atomic E-state index is 0.00611. The van der Waals surface area contributed by atoms with Gasteiger partial charge in [-0.25, -0.2) is 0 Å². The van der Waals surface area contributed by atoms with Gasteiger partial charge in [0.05, 0.1) is 5.10 Å². The van der Waals surface area contributed by atoms with E-state index >= 15 is 0 Å². The van der Waals surface area contributed by atoms with Crippen LogP contribution >= 0.6 is 0 Å². The van der Waals surface area contributed by atoms with Gasteiger partial charge < -0.3 is 16.1 Å². The van der Waals surface area contributed by atoms with Crippen molar-refractivity contribution in [2.24, 2.45) is 16.1 Å². The van der Waals surface area contributed by atoms with Gasteiger partial charge in [0.25, 0.3) is 0 Å². The van der Waals surface area contributed by atoms with Crippen LogP contribution in [-0.4, -0.2) is 16.0 Å². The number of nitrogens with two attached hydrogens (primary N) is 1. The molecule has 68 valence electrons. The number of benzene rings is 1. The second kappa shape index (κ2) is 4.05. The summed E-state index contributed by atoms with van der Waals surface area (Å²) < 4.78 is 0. The second-order valence-electron chi connectivity index (χ2n) is 2.19. The molecule has 0 bridgehead atoms. The summed E-state index contributed by atoms with van der Waals surface area (Å²) in [6.45, 7) is 0. The van der Waals surface area contributed by atoms with Crippen LogP contribution in [0.2, 0.25) is 0 Å². The molecule has 1 aromatic rings. The maximum Gasteiger partial charge on any atom is 0.233 e. The summed E-state index contributed by atoms with van der Waals surface area (Å²) in [6.07, 6.45) is 0. The van der Waals surface area contributed by atoms with Crippen molar-refractivity contribution >= 4 is 5.84 Å². The minimum Gasteiger partial charge on any atom is -0.567 e. The van der Waals surface area contributed by atoms with E-state index in [4.69, 9.17) is 10.9 Å². The first-order valence-corrected chi connectivity index (χ1v) is 3.46. The lowest BCUT2D eigenvalue weighted by atomic mass is 10.2. The molecule has 3 N–H and O–H groups in total. The van der Waals surface area contributed by atoms with Crippen LogP contribution in [0.25, 0.3) is 0 Å². The molecule has 0 atom stereocenters. The Kier molecular flexibility index (Phi) is 2.80. The van der Waals surface area contributed by atoms with Crippen molar-refractivity contribution in [2.45, 2.75) is 0 Å². The van der Waals surface area contributed by atoms with Gasteiger partial charge in [0.15, 0.2) is 0 Å². The summed E-state index contributed by atoms with van der Waals surface area (Å²) in [7, 11) is 0. The third kappa shape index (κ3) is 2.44. The summed E-state index contributed by atoms with van der Waals surface area (Å²) in [4.78, 5) is -0.262. The zero-order valence-corrected chi connectivity index (χ0v) is 6.66. The molecule has 0 amide bonds. The monoisotopic (exact) mass is 180 g/mol.